The molecule has 4 radical (unpaired) electrons. The standard InChI is InChI=1S/C24H14N2S2.2Al/c1-3-7-21-17(5-1)25-19-13-15(9-11-23(19)27-21)16-10-12-24-20(14-16)26-18-6-2-4-8-22(18)28-24;;/h1-14H;;/q-2;2*+1. The molecule has 0 atom stereocenters. The number of benzene rings is 4. The average molecular weight is 448 g/mol. The van der Waals surface area contributed by atoms with E-state index in [-0.39, 0.29) is 0 Å². The zero-order chi connectivity index (χ0) is 20.2. The van der Waals surface area contributed by atoms with Crippen LogP contribution >= 0.6 is 23.5 Å². The van der Waals surface area contributed by atoms with Crippen LogP contribution in [0.3, 0.4) is 0 Å². The van der Waals surface area contributed by atoms with Gasteiger partial charge in [0.05, 0.1) is 0 Å². The van der Waals surface area contributed by atoms with E-state index in [0.717, 1.165) is 0 Å². The fraction of sp³-hybridized carbons (Fsp3) is 0. The van der Waals surface area contributed by atoms with E-state index < -0.39 is 0 Å². The summed E-state index contributed by atoms with van der Waals surface area (Å²) in [6.45, 7) is 0. The molecule has 0 bridgehead atoms. The normalized spacial score (nSPS) is 13.9. The van der Waals surface area contributed by atoms with Gasteiger partial charge in [-0.1, -0.05) is 59.9 Å². The second-order valence-electron chi connectivity index (χ2n) is 7.24. The van der Waals surface area contributed by atoms with Crippen molar-refractivity contribution in [3.63, 3.8) is 0 Å². The molecule has 4 aromatic rings. The molecule has 30 heavy (non-hydrogen) atoms. The Morgan fingerprint density at radius 2 is 0.867 bits per heavy atom. The Balaban J connectivity index is 1.41. The molecule has 138 valence electrons. The number of rotatable bonds is 1. The van der Waals surface area contributed by atoms with Gasteiger partial charge in [0.2, 0.25) is 0 Å². The van der Waals surface area contributed by atoms with E-state index in [1.807, 2.05) is 23.5 Å². The number of nitrogens with zero attached hydrogens (tertiary/aromatic N) is 2. The van der Waals surface area contributed by atoms with Crippen molar-refractivity contribution >= 4 is 79.3 Å². The van der Waals surface area contributed by atoms with E-state index in [2.05, 4.69) is 126 Å². The molecule has 0 aromatic heterocycles. The van der Waals surface area contributed by atoms with Gasteiger partial charge in [0.15, 0.2) is 0 Å². The van der Waals surface area contributed by atoms with Gasteiger partial charge >= 0.3 is 33.0 Å². The van der Waals surface area contributed by atoms with Crippen LogP contribution in [0, 0.1) is 0 Å². The van der Waals surface area contributed by atoms with Gasteiger partial charge in [0.25, 0.3) is 0 Å². The SMILES string of the molecule is [Al][N]1c2ccccc2Sc2ccc(-c3ccc4c(c3)[N]([Al])c3ccccc3S4)cc21. The summed E-state index contributed by atoms with van der Waals surface area (Å²) in [4.78, 5) is 5.14. The van der Waals surface area contributed by atoms with Crippen molar-refractivity contribution in [1.29, 1.82) is 0 Å². The highest BCUT2D eigenvalue weighted by Crippen LogP contribution is 2.50. The van der Waals surface area contributed by atoms with Crippen LogP contribution < -0.4 is 7.77 Å². The molecule has 0 spiro atoms. The molecule has 2 heterocycles. The first kappa shape index (κ1) is 19.0. The third-order valence-electron chi connectivity index (χ3n) is 5.46. The maximum absolute atomic E-state index is 2.88. The van der Waals surface area contributed by atoms with Crippen molar-refractivity contribution < 1.29 is 0 Å². The zero-order valence-corrected chi connectivity index (χ0v) is 19.9. The van der Waals surface area contributed by atoms with Crippen LogP contribution in [-0.4, -0.2) is 33.0 Å². The third-order valence-corrected chi connectivity index (χ3v) is 8.83. The van der Waals surface area contributed by atoms with Crippen molar-refractivity contribution in [1.82, 2.24) is 0 Å². The molecule has 2 aliphatic heterocycles. The van der Waals surface area contributed by atoms with Crippen LogP contribution in [0.2, 0.25) is 0 Å². The van der Waals surface area contributed by atoms with E-state index in [4.69, 9.17) is 0 Å². The minimum Gasteiger partial charge on any atom is -0.451 e. The Kier molecular flexibility index (Phi) is 4.70. The Bertz CT molecular complexity index is 1210. The summed E-state index contributed by atoms with van der Waals surface area (Å²) in [6, 6.07) is 30.6. The zero-order valence-electron chi connectivity index (χ0n) is 15.9. The molecule has 0 amide bonds. The molecule has 0 fully saturated rings. The Hall–Kier alpha value is -1.76. The summed E-state index contributed by atoms with van der Waals surface area (Å²) in [5.41, 5.74) is 7.36. The molecular weight excluding hydrogens is 434 g/mol. The number of para-hydroxylation sites is 2. The molecule has 0 saturated carbocycles. The molecule has 0 unspecified atom stereocenters. The van der Waals surface area contributed by atoms with E-state index in [1.165, 1.54) is 53.5 Å². The highest BCUT2D eigenvalue weighted by molar-refractivity contribution is 8.00. The highest BCUT2D eigenvalue weighted by Gasteiger charge is 2.22. The maximum atomic E-state index is 2.88. The highest BCUT2D eigenvalue weighted by atomic mass is 32.2. The van der Waals surface area contributed by atoms with Crippen LogP contribution in [0.1, 0.15) is 0 Å². The summed E-state index contributed by atoms with van der Waals surface area (Å²) in [6.07, 6.45) is 0. The number of hydrogen-bond acceptors (Lipinski definition) is 4. The van der Waals surface area contributed by atoms with E-state index >= 15 is 0 Å². The quantitative estimate of drug-likeness (QED) is 0.298. The Morgan fingerprint density at radius 1 is 0.467 bits per heavy atom. The molecular formula is C24H14Al2N2S2. The van der Waals surface area contributed by atoms with E-state index in [9.17, 15) is 0 Å². The second-order valence-corrected chi connectivity index (χ2v) is 10.4. The summed E-state index contributed by atoms with van der Waals surface area (Å²) in [7, 11) is 0. The van der Waals surface area contributed by atoms with Gasteiger partial charge in [-0.05, 0) is 59.7 Å². The fourth-order valence-electron chi connectivity index (χ4n) is 3.92. The predicted octanol–water partition coefficient (Wildman–Crippen LogP) is 6.73. The molecule has 6 rings (SSSR count). The Labute approximate surface area is 201 Å². The van der Waals surface area contributed by atoms with Gasteiger partial charge in [-0.2, -0.15) is 0 Å². The van der Waals surface area contributed by atoms with Gasteiger partial charge < -0.3 is 7.77 Å². The topological polar surface area (TPSA) is 6.48 Å². The predicted molar refractivity (Wildman–Crippen MR) is 129 cm³/mol. The summed E-state index contributed by atoms with van der Waals surface area (Å²) >= 11 is 9.43. The van der Waals surface area contributed by atoms with Crippen molar-refractivity contribution in [2.75, 3.05) is 7.77 Å². The molecule has 0 aliphatic carbocycles. The van der Waals surface area contributed by atoms with Gasteiger partial charge in [-0.3, -0.25) is 0 Å². The molecule has 2 nitrogen and oxygen atoms in total. The second kappa shape index (κ2) is 7.43. The van der Waals surface area contributed by atoms with Gasteiger partial charge in [0, 0.05) is 42.3 Å². The Morgan fingerprint density at radius 3 is 1.33 bits per heavy atom. The summed E-state index contributed by atoms with van der Waals surface area (Å²) in [5.74, 6) is 0. The lowest BCUT2D eigenvalue weighted by Crippen LogP contribution is -2.17. The van der Waals surface area contributed by atoms with Crippen LogP contribution in [0.15, 0.2) is 105 Å². The first-order valence-corrected chi connectivity index (χ1v) is 12.3. The molecule has 0 saturated heterocycles. The number of fused-ring (bicyclic) bond motifs is 4. The minimum atomic E-state index is 1.22. The summed E-state index contributed by atoms with van der Waals surface area (Å²) in [5, 5.41) is 0. The summed E-state index contributed by atoms with van der Waals surface area (Å²) < 4.78 is 4.44. The van der Waals surface area contributed by atoms with Crippen molar-refractivity contribution in [2.45, 2.75) is 19.6 Å². The first-order valence-electron chi connectivity index (χ1n) is 9.61. The third kappa shape index (κ3) is 3.03. The van der Waals surface area contributed by atoms with Crippen LogP contribution in [0.4, 0.5) is 22.7 Å². The fourth-order valence-corrected chi connectivity index (χ4v) is 7.28. The monoisotopic (exact) mass is 448 g/mol. The van der Waals surface area contributed by atoms with E-state index in [1.54, 1.807) is 0 Å². The lowest BCUT2D eigenvalue weighted by molar-refractivity contribution is 1.23. The largest absolute Gasteiger partial charge is 0.451 e. The first-order chi connectivity index (χ1) is 14.7. The van der Waals surface area contributed by atoms with Crippen molar-refractivity contribution in [3.8, 4) is 11.1 Å². The minimum absolute atomic E-state index is 1.22. The molecule has 0 N–H and O–H groups in total. The lowest BCUT2D eigenvalue weighted by atomic mass is 10.0. The van der Waals surface area contributed by atoms with Gasteiger partial charge in [-0.15, -0.1) is 0 Å². The van der Waals surface area contributed by atoms with E-state index in [0.29, 0.717) is 0 Å². The van der Waals surface area contributed by atoms with Crippen molar-refractivity contribution in [2.24, 2.45) is 0 Å². The van der Waals surface area contributed by atoms with Gasteiger partial charge in [0.1, 0.15) is 0 Å². The van der Waals surface area contributed by atoms with Crippen molar-refractivity contribution in [3.05, 3.63) is 84.9 Å². The van der Waals surface area contributed by atoms with Crippen LogP contribution in [0.5, 0.6) is 0 Å². The van der Waals surface area contributed by atoms with Crippen LogP contribution in [0.25, 0.3) is 11.1 Å². The number of hydrogen-bond donors (Lipinski definition) is 0. The lowest BCUT2D eigenvalue weighted by Gasteiger charge is -2.33. The van der Waals surface area contributed by atoms with Gasteiger partial charge in [-0.25, -0.2) is 0 Å². The number of anilines is 4. The smallest absolute Gasteiger partial charge is 0.318 e. The maximum Gasteiger partial charge on any atom is 0.318 e. The van der Waals surface area contributed by atoms with Crippen LogP contribution in [-0.2, 0) is 0 Å². The molecule has 2 aliphatic rings. The average Bonchev–Trinajstić information content (AvgIpc) is 2.79. The molecule has 6 heteroatoms. The molecule has 4 aromatic carbocycles.